The zero-order chi connectivity index (χ0) is 10.7. The Morgan fingerprint density at radius 3 is 3.07 bits per heavy atom. The molecule has 1 aromatic carbocycles. The van der Waals surface area contributed by atoms with Crippen molar-refractivity contribution in [2.24, 2.45) is 0 Å². The van der Waals surface area contributed by atoms with Gasteiger partial charge in [0.1, 0.15) is 5.82 Å². The fourth-order valence-electron chi connectivity index (χ4n) is 1.36. The maximum Gasteiger partial charge on any atom is 0.125 e. The van der Waals surface area contributed by atoms with Gasteiger partial charge in [-0.3, -0.25) is 0 Å². The lowest BCUT2D eigenvalue weighted by Gasteiger charge is -2.08. The Bertz CT molecular complexity index is 437. The number of benzene rings is 1. The van der Waals surface area contributed by atoms with Crippen LogP contribution in [0.1, 0.15) is 11.3 Å². The van der Waals surface area contributed by atoms with E-state index in [1.807, 2.05) is 6.92 Å². The van der Waals surface area contributed by atoms with Crippen LogP contribution in [-0.2, 0) is 6.54 Å². The lowest BCUT2D eigenvalue weighted by molar-refractivity contribution is 0.628. The van der Waals surface area contributed by atoms with Gasteiger partial charge in [-0.1, -0.05) is 6.07 Å². The molecule has 0 spiro atoms. The Morgan fingerprint density at radius 2 is 2.33 bits per heavy atom. The first kappa shape index (κ1) is 9.71. The predicted octanol–water partition coefficient (Wildman–Crippen LogP) is 2.47. The molecule has 0 aliphatic rings. The highest BCUT2D eigenvalue weighted by Crippen LogP contribution is 2.16. The highest BCUT2D eigenvalue weighted by molar-refractivity contribution is 5.50. The third-order valence-electron chi connectivity index (χ3n) is 2.22. The Balaban J connectivity index is 2.07. The number of rotatable bonds is 3. The topological polar surface area (TPSA) is 40.7 Å². The molecule has 78 valence electrons. The molecule has 0 atom stereocenters. The van der Waals surface area contributed by atoms with Crippen molar-refractivity contribution in [1.82, 2.24) is 9.97 Å². The molecule has 3 nitrogen and oxygen atoms in total. The highest BCUT2D eigenvalue weighted by Gasteiger charge is 2.00. The zero-order valence-electron chi connectivity index (χ0n) is 8.42. The van der Waals surface area contributed by atoms with Crippen LogP contribution in [0.4, 0.5) is 10.1 Å². The van der Waals surface area contributed by atoms with Gasteiger partial charge in [-0.2, -0.15) is 0 Å². The summed E-state index contributed by atoms with van der Waals surface area (Å²) in [6, 6.07) is 4.70. The number of aryl methyl sites for hydroxylation is 1. The number of halogens is 1. The van der Waals surface area contributed by atoms with Crippen LogP contribution in [0.15, 0.2) is 30.7 Å². The van der Waals surface area contributed by atoms with Crippen molar-refractivity contribution in [2.45, 2.75) is 13.5 Å². The number of aromatic nitrogens is 2. The molecule has 0 radical (unpaired) electrons. The molecular formula is C11H12FN3. The first-order valence-corrected chi connectivity index (χ1v) is 4.73. The molecule has 0 aliphatic heterocycles. The van der Waals surface area contributed by atoms with E-state index in [-0.39, 0.29) is 5.82 Å². The molecule has 0 saturated carbocycles. The molecule has 4 heteroatoms. The molecule has 0 bridgehead atoms. The van der Waals surface area contributed by atoms with Crippen molar-refractivity contribution in [2.75, 3.05) is 5.32 Å². The van der Waals surface area contributed by atoms with E-state index in [9.17, 15) is 4.39 Å². The summed E-state index contributed by atoms with van der Waals surface area (Å²) in [4.78, 5) is 6.88. The van der Waals surface area contributed by atoms with Crippen molar-refractivity contribution < 1.29 is 4.39 Å². The van der Waals surface area contributed by atoms with Gasteiger partial charge in [0.15, 0.2) is 0 Å². The van der Waals surface area contributed by atoms with E-state index < -0.39 is 0 Å². The van der Waals surface area contributed by atoms with Gasteiger partial charge in [0, 0.05) is 11.9 Å². The molecule has 2 aromatic rings. The molecule has 0 aliphatic carbocycles. The maximum atomic E-state index is 13.0. The van der Waals surface area contributed by atoms with Gasteiger partial charge in [-0.25, -0.2) is 9.37 Å². The maximum absolute atomic E-state index is 13.0. The predicted molar refractivity (Wildman–Crippen MR) is 57.1 cm³/mol. The minimum absolute atomic E-state index is 0.229. The van der Waals surface area contributed by atoms with Crippen LogP contribution < -0.4 is 5.32 Å². The number of aromatic amines is 1. The van der Waals surface area contributed by atoms with Crippen LogP contribution in [0.2, 0.25) is 0 Å². The van der Waals surface area contributed by atoms with E-state index in [1.165, 1.54) is 12.1 Å². The van der Waals surface area contributed by atoms with Crippen molar-refractivity contribution >= 4 is 5.69 Å². The Hall–Kier alpha value is -1.84. The van der Waals surface area contributed by atoms with Crippen molar-refractivity contribution in [3.8, 4) is 0 Å². The van der Waals surface area contributed by atoms with E-state index in [1.54, 1.807) is 18.6 Å². The molecule has 0 fully saturated rings. The molecular weight excluding hydrogens is 193 g/mol. The van der Waals surface area contributed by atoms with Gasteiger partial charge >= 0.3 is 0 Å². The van der Waals surface area contributed by atoms with Crippen LogP contribution >= 0.6 is 0 Å². The lowest BCUT2D eigenvalue weighted by Crippen LogP contribution is -2.01. The fourth-order valence-corrected chi connectivity index (χ4v) is 1.36. The zero-order valence-corrected chi connectivity index (χ0v) is 8.42. The number of hydrogen-bond acceptors (Lipinski definition) is 2. The third kappa shape index (κ3) is 2.34. The quantitative estimate of drug-likeness (QED) is 0.808. The van der Waals surface area contributed by atoms with Crippen LogP contribution in [0.5, 0.6) is 0 Å². The van der Waals surface area contributed by atoms with Crippen LogP contribution in [0, 0.1) is 12.7 Å². The lowest BCUT2D eigenvalue weighted by atomic mass is 10.2. The minimum Gasteiger partial charge on any atom is -0.379 e. The van der Waals surface area contributed by atoms with Crippen molar-refractivity contribution in [1.29, 1.82) is 0 Å². The molecule has 0 saturated heterocycles. The summed E-state index contributed by atoms with van der Waals surface area (Å²) in [6.45, 7) is 2.55. The highest BCUT2D eigenvalue weighted by atomic mass is 19.1. The van der Waals surface area contributed by atoms with Gasteiger partial charge in [0.25, 0.3) is 0 Å². The van der Waals surface area contributed by atoms with E-state index in [0.717, 1.165) is 16.9 Å². The Labute approximate surface area is 87.4 Å². The van der Waals surface area contributed by atoms with Crippen LogP contribution in [0.3, 0.4) is 0 Å². The van der Waals surface area contributed by atoms with Gasteiger partial charge in [0.2, 0.25) is 0 Å². The van der Waals surface area contributed by atoms with Gasteiger partial charge < -0.3 is 10.3 Å². The van der Waals surface area contributed by atoms with E-state index >= 15 is 0 Å². The summed E-state index contributed by atoms with van der Waals surface area (Å²) in [5, 5.41) is 3.14. The van der Waals surface area contributed by atoms with Gasteiger partial charge in [-0.05, 0) is 24.6 Å². The second-order valence-electron chi connectivity index (χ2n) is 3.39. The number of nitrogens with zero attached hydrogens (tertiary/aromatic N) is 1. The fraction of sp³-hybridized carbons (Fsp3) is 0.182. The summed E-state index contributed by atoms with van der Waals surface area (Å²) in [5.41, 5.74) is 2.80. The third-order valence-corrected chi connectivity index (χ3v) is 2.22. The van der Waals surface area contributed by atoms with Crippen molar-refractivity contribution in [3.05, 3.63) is 47.8 Å². The number of imidazole rings is 1. The monoisotopic (exact) mass is 205 g/mol. The number of H-pyrrole nitrogens is 1. The smallest absolute Gasteiger partial charge is 0.125 e. The summed E-state index contributed by atoms with van der Waals surface area (Å²) < 4.78 is 13.0. The van der Waals surface area contributed by atoms with E-state index in [2.05, 4.69) is 15.3 Å². The first-order valence-electron chi connectivity index (χ1n) is 4.73. The standard InChI is InChI=1S/C11H12FN3/c1-8-2-3-9(12)4-11(8)14-6-10-5-13-7-15-10/h2-5,7,14H,6H2,1H3,(H,13,15). The van der Waals surface area contributed by atoms with Gasteiger partial charge in [-0.15, -0.1) is 0 Å². The molecule has 1 heterocycles. The molecule has 1 aromatic heterocycles. The second kappa shape index (κ2) is 4.13. The molecule has 2 rings (SSSR count). The average molecular weight is 205 g/mol. The summed E-state index contributed by atoms with van der Waals surface area (Å²) in [5.74, 6) is -0.229. The second-order valence-corrected chi connectivity index (χ2v) is 3.39. The normalized spacial score (nSPS) is 10.3. The van der Waals surface area contributed by atoms with Crippen LogP contribution in [-0.4, -0.2) is 9.97 Å². The molecule has 2 N–H and O–H groups in total. The summed E-state index contributed by atoms with van der Waals surface area (Å²) in [6.07, 6.45) is 3.36. The number of anilines is 1. The van der Waals surface area contributed by atoms with Gasteiger partial charge in [0.05, 0.1) is 18.6 Å². The van der Waals surface area contributed by atoms with Crippen molar-refractivity contribution in [3.63, 3.8) is 0 Å². The number of hydrogen-bond donors (Lipinski definition) is 2. The number of nitrogens with one attached hydrogen (secondary N) is 2. The molecule has 0 amide bonds. The largest absolute Gasteiger partial charge is 0.379 e. The van der Waals surface area contributed by atoms with E-state index in [0.29, 0.717) is 6.54 Å². The molecule has 0 unspecified atom stereocenters. The average Bonchev–Trinajstić information content (AvgIpc) is 2.72. The summed E-state index contributed by atoms with van der Waals surface area (Å²) >= 11 is 0. The Morgan fingerprint density at radius 1 is 1.47 bits per heavy atom. The summed E-state index contributed by atoms with van der Waals surface area (Å²) in [7, 11) is 0. The SMILES string of the molecule is Cc1ccc(F)cc1NCc1cnc[nH]1. The van der Waals surface area contributed by atoms with Crippen LogP contribution in [0.25, 0.3) is 0 Å². The first-order chi connectivity index (χ1) is 7.25. The Kier molecular flexibility index (Phi) is 2.67. The minimum atomic E-state index is -0.229. The van der Waals surface area contributed by atoms with E-state index in [4.69, 9.17) is 0 Å². The molecule has 15 heavy (non-hydrogen) atoms.